The van der Waals surface area contributed by atoms with E-state index in [1.54, 1.807) is 7.11 Å². The van der Waals surface area contributed by atoms with Crippen LogP contribution in [0.25, 0.3) is 0 Å². The van der Waals surface area contributed by atoms with Crippen molar-refractivity contribution >= 4 is 11.3 Å². The summed E-state index contributed by atoms with van der Waals surface area (Å²) in [6.07, 6.45) is 4.77. The third-order valence-corrected chi connectivity index (χ3v) is 4.39. The maximum Gasteiger partial charge on any atom is 0.0932 e. The number of ether oxygens (including phenoxy) is 1. The molecule has 3 nitrogen and oxygen atoms in total. The number of hydrogen-bond donors (Lipinski definition) is 1. The number of methoxy groups -OCH3 is 1. The average Bonchev–Trinajstić information content (AvgIpc) is 3.08. The minimum atomic E-state index is 0.168. The van der Waals surface area contributed by atoms with Crippen LogP contribution in [0.15, 0.2) is 0 Å². The number of aromatic nitrogens is 1. The van der Waals surface area contributed by atoms with Gasteiger partial charge in [0.1, 0.15) is 0 Å². The van der Waals surface area contributed by atoms with Crippen LogP contribution in [0, 0.1) is 0 Å². The van der Waals surface area contributed by atoms with E-state index in [0.717, 1.165) is 31.9 Å². The van der Waals surface area contributed by atoms with Crippen molar-refractivity contribution in [2.24, 2.45) is 0 Å². The first kappa shape index (κ1) is 14.9. The van der Waals surface area contributed by atoms with E-state index in [1.165, 1.54) is 28.4 Å². The SMILES string of the molecule is COCCCc1nc(C2CC2)c(CNC(C)(C)C)s1. The predicted octanol–water partition coefficient (Wildman–Crippen LogP) is 3.49. The average molecular weight is 282 g/mol. The topological polar surface area (TPSA) is 34.1 Å². The summed E-state index contributed by atoms with van der Waals surface area (Å²) < 4.78 is 5.12. The van der Waals surface area contributed by atoms with Gasteiger partial charge in [-0.15, -0.1) is 11.3 Å². The van der Waals surface area contributed by atoms with Crippen LogP contribution in [0.3, 0.4) is 0 Å². The van der Waals surface area contributed by atoms with Crippen LogP contribution < -0.4 is 5.32 Å². The molecular formula is C15H26N2OS. The highest BCUT2D eigenvalue weighted by Crippen LogP contribution is 2.42. The maximum atomic E-state index is 5.12. The highest BCUT2D eigenvalue weighted by molar-refractivity contribution is 7.11. The molecule has 19 heavy (non-hydrogen) atoms. The van der Waals surface area contributed by atoms with Gasteiger partial charge in [-0.1, -0.05) is 0 Å². The van der Waals surface area contributed by atoms with Gasteiger partial charge in [-0.25, -0.2) is 4.98 Å². The number of hydrogen-bond acceptors (Lipinski definition) is 4. The van der Waals surface area contributed by atoms with Crippen molar-refractivity contribution in [3.05, 3.63) is 15.6 Å². The Bertz CT molecular complexity index is 405. The van der Waals surface area contributed by atoms with Gasteiger partial charge in [-0.2, -0.15) is 0 Å². The number of thiazole rings is 1. The van der Waals surface area contributed by atoms with E-state index in [0.29, 0.717) is 0 Å². The molecule has 1 N–H and O–H groups in total. The van der Waals surface area contributed by atoms with Gasteiger partial charge in [0.2, 0.25) is 0 Å². The fourth-order valence-electron chi connectivity index (χ4n) is 2.04. The number of rotatable bonds is 7. The van der Waals surface area contributed by atoms with Crippen LogP contribution in [0.5, 0.6) is 0 Å². The molecule has 1 aromatic rings. The lowest BCUT2D eigenvalue weighted by Crippen LogP contribution is -2.35. The Morgan fingerprint density at radius 2 is 2.11 bits per heavy atom. The van der Waals surface area contributed by atoms with E-state index in [-0.39, 0.29) is 5.54 Å². The van der Waals surface area contributed by atoms with Gasteiger partial charge in [0, 0.05) is 43.0 Å². The highest BCUT2D eigenvalue weighted by atomic mass is 32.1. The van der Waals surface area contributed by atoms with Crippen molar-refractivity contribution in [2.75, 3.05) is 13.7 Å². The van der Waals surface area contributed by atoms with Crippen molar-refractivity contribution in [2.45, 2.75) is 64.5 Å². The minimum absolute atomic E-state index is 0.168. The molecule has 1 saturated carbocycles. The summed E-state index contributed by atoms with van der Waals surface area (Å²) in [4.78, 5) is 6.32. The molecule has 1 fully saturated rings. The molecule has 1 aliphatic carbocycles. The van der Waals surface area contributed by atoms with E-state index in [4.69, 9.17) is 9.72 Å². The van der Waals surface area contributed by atoms with Crippen LogP contribution in [-0.2, 0) is 17.7 Å². The van der Waals surface area contributed by atoms with Gasteiger partial charge in [-0.05, 0) is 40.0 Å². The molecule has 1 aromatic heterocycles. The van der Waals surface area contributed by atoms with Gasteiger partial charge < -0.3 is 10.1 Å². The van der Waals surface area contributed by atoms with Crippen LogP contribution >= 0.6 is 11.3 Å². The standard InChI is InChI=1S/C15H26N2OS/c1-15(2,3)16-10-12-14(11-7-8-11)17-13(19-12)6-5-9-18-4/h11,16H,5-10H2,1-4H3. The Morgan fingerprint density at radius 3 is 2.68 bits per heavy atom. The van der Waals surface area contributed by atoms with E-state index >= 15 is 0 Å². The Hall–Kier alpha value is -0.450. The molecule has 2 rings (SSSR count). The quantitative estimate of drug-likeness (QED) is 0.777. The number of nitrogens with one attached hydrogen (secondary N) is 1. The summed E-state index contributed by atoms with van der Waals surface area (Å²) in [7, 11) is 1.76. The molecule has 0 radical (unpaired) electrons. The molecule has 1 heterocycles. The normalized spacial score (nSPS) is 16.0. The zero-order chi connectivity index (χ0) is 13.9. The molecular weight excluding hydrogens is 256 g/mol. The number of aryl methyl sites for hydroxylation is 1. The Morgan fingerprint density at radius 1 is 1.37 bits per heavy atom. The van der Waals surface area contributed by atoms with E-state index in [1.807, 2.05) is 11.3 Å². The molecule has 0 spiro atoms. The second kappa shape index (κ2) is 6.33. The Labute approximate surface area is 120 Å². The predicted molar refractivity (Wildman–Crippen MR) is 80.9 cm³/mol. The Kier molecular flexibility index (Phi) is 4.98. The van der Waals surface area contributed by atoms with Crippen molar-refractivity contribution in [1.29, 1.82) is 0 Å². The van der Waals surface area contributed by atoms with Crippen LogP contribution in [0.1, 0.15) is 61.5 Å². The summed E-state index contributed by atoms with van der Waals surface area (Å²) in [6.45, 7) is 8.42. The molecule has 0 unspecified atom stereocenters. The summed E-state index contributed by atoms with van der Waals surface area (Å²) in [6, 6.07) is 0. The fraction of sp³-hybridized carbons (Fsp3) is 0.800. The van der Waals surface area contributed by atoms with Gasteiger partial charge in [0.25, 0.3) is 0 Å². The van der Waals surface area contributed by atoms with Crippen LogP contribution in [0.2, 0.25) is 0 Å². The number of nitrogens with zero attached hydrogens (tertiary/aromatic N) is 1. The van der Waals surface area contributed by atoms with Crippen LogP contribution in [-0.4, -0.2) is 24.2 Å². The third kappa shape index (κ3) is 4.86. The summed E-state index contributed by atoms with van der Waals surface area (Å²) >= 11 is 1.89. The lowest BCUT2D eigenvalue weighted by atomic mass is 10.1. The van der Waals surface area contributed by atoms with Gasteiger partial charge in [-0.3, -0.25) is 0 Å². The monoisotopic (exact) mass is 282 g/mol. The second-order valence-electron chi connectivity index (χ2n) is 6.39. The molecule has 4 heteroatoms. The van der Waals surface area contributed by atoms with E-state index < -0.39 is 0 Å². The van der Waals surface area contributed by atoms with Crippen molar-refractivity contribution in [1.82, 2.24) is 10.3 Å². The molecule has 0 bridgehead atoms. The van der Waals surface area contributed by atoms with Gasteiger partial charge >= 0.3 is 0 Å². The first-order valence-corrected chi connectivity index (χ1v) is 8.03. The molecule has 0 atom stereocenters. The van der Waals surface area contributed by atoms with Crippen molar-refractivity contribution in [3.8, 4) is 0 Å². The van der Waals surface area contributed by atoms with E-state index in [2.05, 4.69) is 26.1 Å². The molecule has 1 aliphatic rings. The van der Waals surface area contributed by atoms with Crippen LogP contribution in [0.4, 0.5) is 0 Å². The zero-order valence-electron chi connectivity index (χ0n) is 12.6. The molecule has 108 valence electrons. The summed E-state index contributed by atoms with van der Waals surface area (Å²) in [5.41, 5.74) is 1.54. The minimum Gasteiger partial charge on any atom is -0.385 e. The second-order valence-corrected chi connectivity index (χ2v) is 7.56. The molecule has 0 saturated heterocycles. The summed E-state index contributed by atoms with van der Waals surface area (Å²) in [5, 5.41) is 4.87. The largest absolute Gasteiger partial charge is 0.385 e. The first-order valence-electron chi connectivity index (χ1n) is 7.22. The first-order chi connectivity index (χ1) is 8.99. The smallest absolute Gasteiger partial charge is 0.0932 e. The lowest BCUT2D eigenvalue weighted by molar-refractivity contribution is 0.195. The van der Waals surface area contributed by atoms with Crippen molar-refractivity contribution < 1.29 is 4.74 Å². The Balaban J connectivity index is 1.99. The zero-order valence-corrected chi connectivity index (χ0v) is 13.4. The lowest BCUT2D eigenvalue weighted by Gasteiger charge is -2.20. The fourth-order valence-corrected chi connectivity index (χ4v) is 3.17. The van der Waals surface area contributed by atoms with Gasteiger partial charge in [0.05, 0.1) is 10.7 Å². The summed E-state index contributed by atoms with van der Waals surface area (Å²) in [5.74, 6) is 0.740. The van der Waals surface area contributed by atoms with Gasteiger partial charge in [0.15, 0.2) is 0 Å². The maximum absolute atomic E-state index is 5.12. The highest BCUT2D eigenvalue weighted by Gasteiger charge is 2.29. The van der Waals surface area contributed by atoms with Crippen molar-refractivity contribution in [3.63, 3.8) is 0 Å². The third-order valence-electron chi connectivity index (χ3n) is 3.25. The molecule has 0 amide bonds. The molecule has 0 aromatic carbocycles. The molecule has 0 aliphatic heterocycles. The van der Waals surface area contributed by atoms with E-state index in [9.17, 15) is 0 Å².